The molecule has 1 N–H and O–H groups in total. The molecule has 8 heteroatoms. The minimum absolute atomic E-state index is 0.0366. The molecular weight excluding hydrogens is 404 g/mol. The molecule has 5 nitrogen and oxygen atoms in total. The van der Waals surface area contributed by atoms with Crippen LogP contribution in [0.2, 0.25) is 5.02 Å². The summed E-state index contributed by atoms with van der Waals surface area (Å²) >= 11 is 7.66. The number of carbonyl (C=O) groups excluding carboxylic acids is 1. The number of hydrogen-bond donors (Lipinski definition) is 1. The van der Waals surface area contributed by atoms with Gasteiger partial charge < -0.3 is 5.32 Å². The Hall–Kier alpha value is -0.760. The number of nitrogens with zero attached hydrogens (tertiary/aromatic N) is 1. The fraction of sp³-hybridized carbons (Fsp3) is 0.632. The van der Waals surface area contributed by atoms with E-state index in [9.17, 15) is 13.2 Å². The third kappa shape index (κ3) is 7.64. The largest absolute Gasteiger partial charge is 0.355 e. The first-order valence-electron chi connectivity index (χ1n) is 9.21. The van der Waals surface area contributed by atoms with Gasteiger partial charge in [-0.3, -0.25) is 4.79 Å². The molecule has 0 atom stereocenters. The van der Waals surface area contributed by atoms with Crippen molar-refractivity contribution in [3.8, 4) is 0 Å². The molecule has 1 aliphatic heterocycles. The highest BCUT2D eigenvalue weighted by atomic mass is 35.5. The van der Waals surface area contributed by atoms with Crippen LogP contribution >= 0.6 is 23.4 Å². The van der Waals surface area contributed by atoms with Gasteiger partial charge in [0.05, 0.1) is 5.75 Å². The predicted molar refractivity (Wildman–Crippen MR) is 114 cm³/mol. The van der Waals surface area contributed by atoms with Gasteiger partial charge in [-0.05, 0) is 30.5 Å². The molecule has 2 rings (SSSR count). The number of amides is 1. The molecule has 27 heavy (non-hydrogen) atoms. The fourth-order valence-electron chi connectivity index (χ4n) is 2.95. The number of rotatable bonds is 7. The van der Waals surface area contributed by atoms with E-state index < -0.39 is 10.0 Å². The molecule has 0 aliphatic carbocycles. The first kappa shape index (κ1) is 22.5. The van der Waals surface area contributed by atoms with E-state index in [1.807, 2.05) is 11.8 Å². The Kier molecular flexibility index (Phi) is 8.04. The standard InChI is InChI=1S/C19H29ClN2O3S2/c1-19(2,3)26-13-10-21-18(23)16-8-11-22(12-9-16)27(24,25)14-15-4-6-17(20)7-5-15/h4-7,16H,8-14H2,1-3H3,(H,21,23). The van der Waals surface area contributed by atoms with Gasteiger partial charge in [-0.2, -0.15) is 11.8 Å². The molecule has 1 aromatic rings. The van der Waals surface area contributed by atoms with Crippen molar-refractivity contribution in [3.63, 3.8) is 0 Å². The minimum Gasteiger partial charge on any atom is -0.355 e. The summed E-state index contributed by atoms with van der Waals surface area (Å²) in [6, 6.07) is 6.85. The second-order valence-electron chi connectivity index (χ2n) is 7.81. The Morgan fingerprint density at radius 2 is 1.81 bits per heavy atom. The number of benzene rings is 1. The molecule has 1 saturated heterocycles. The molecule has 152 valence electrons. The van der Waals surface area contributed by atoms with Crippen LogP contribution in [-0.2, 0) is 20.6 Å². The highest BCUT2D eigenvalue weighted by Crippen LogP contribution is 2.24. The van der Waals surface area contributed by atoms with Gasteiger partial charge in [0.25, 0.3) is 0 Å². The molecule has 0 saturated carbocycles. The molecule has 1 fully saturated rings. The van der Waals surface area contributed by atoms with E-state index in [0.717, 1.165) is 11.3 Å². The lowest BCUT2D eigenvalue weighted by molar-refractivity contribution is -0.125. The molecule has 1 aromatic carbocycles. The van der Waals surface area contributed by atoms with E-state index in [1.165, 1.54) is 4.31 Å². The summed E-state index contributed by atoms with van der Waals surface area (Å²) in [6.45, 7) is 7.89. The number of thioether (sulfide) groups is 1. The van der Waals surface area contributed by atoms with Gasteiger partial charge in [-0.1, -0.05) is 44.5 Å². The van der Waals surface area contributed by atoms with E-state index in [-0.39, 0.29) is 22.3 Å². The Bertz CT molecular complexity index is 722. The van der Waals surface area contributed by atoms with Crippen molar-refractivity contribution >= 4 is 39.3 Å². The first-order chi connectivity index (χ1) is 12.6. The van der Waals surface area contributed by atoms with Crippen LogP contribution in [0.3, 0.4) is 0 Å². The van der Waals surface area contributed by atoms with Crippen LogP contribution in [0.15, 0.2) is 24.3 Å². The van der Waals surface area contributed by atoms with Crippen molar-refractivity contribution in [2.75, 3.05) is 25.4 Å². The Balaban J connectivity index is 1.78. The second kappa shape index (κ2) is 9.63. The lowest BCUT2D eigenvalue weighted by Gasteiger charge is -2.30. The number of piperidine rings is 1. The molecule has 1 amide bonds. The van der Waals surface area contributed by atoms with Crippen LogP contribution in [0.4, 0.5) is 0 Å². The molecule has 0 aromatic heterocycles. The maximum atomic E-state index is 12.6. The summed E-state index contributed by atoms with van der Waals surface area (Å²) < 4.78 is 26.9. The van der Waals surface area contributed by atoms with Crippen molar-refractivity contribution in [1.29, 1.82) is 0 Å². The van der Waals surface area contributed by atoms with Crippen LogP contribution in [0.5, 0.6) is 0 Å². The van der Waals surface area contributed by atoms with Crippen molar-refractivity contribution in [3.05, 3.63) is 34.9 Å². The normalized spacial score (nSPS) is 17.0. The van der Waals surface area contributed by atoms with E-state index in [0.29, 0.717) is 37.5 Å². The number of nitrogens with one attached hydrogen (secondary N) is 1. The number of sulfonamides is 1. The Morgan fingerprint density at radius 3 is 2.37 bits per heavy atom. The van der Waals surface area contributed by atoms with Gasteiger partial charge in [0.1, 0.15) is 0 Å². The monoisotopic (exact) mass is 432 g/mol. The molecule has 1 aliphatic rings. The summed E-state index contributed by atoms with van der Waals surface area (Å²) in [5, 5.41) is 3.57. The van der Waals surface area contributed by atoms with Crippen molar-refractivity contribution in [2.45, 2.75) is 44.1 Å². The lowest BCUT2D eigenvalue weighted by atomic mass is 9.97. The third-order valence-electron chi connectivity index (χ3n) is 4.42. The van der Waals surface area contributed by atoms with E-state index in [4.69, 9.17) is 11.6 Å². The lowest BCUT2D eigenvalue weighted by Crippen LogP contribution is -2.43. The fourth-order valence-corrected chi connectivity index (χ4v) is 5.46. The quantitative estimate of drug-likeness (QED) is 0.669. The summed E-state index contributed by atoms with van der Waals surface area (Å²) in [4.78, 5) is 12.3. The first-order valence-corrected chi connectivity index (χ1v) is 12.2. The van der Waals surface area contributed by atoms with Crippen molar-refractivity contribution in [1.82, 2.24) is 9.62 Å². The summed E-state index contributed by atoms with van der Waals surface area (Å²) in [7, 11) is -3.38. The number of carbonyl (C=O) groups is 1. The molecule has 0 unspecified atom stereocenters. The topological polar surface area (TPSA) is 66.5 Å². The van der Waals surface area contributed by atoms with Gasteiger partial charge in [0.2, 0.25) is 15.9 Å². The zero-order valence-corrected chi connectivity index (χ0v) is 18.6. The second-order valence-corrected chi connectivity index (χ2v) is 12.1. The molecule has 0 radical (unpaired) electrons. The van der Waals surface area contributed by atoms with Crippen LogP contribution in [0.25, 0.3) is 0 Å². The van der Waals surface area contributed by atoms with Crippen LogP contribution in [-0.4, -0.2) is 48.8 Å². The number of hydrogen-bond acceptors (Lipinski definition) is 4. The summed E-state index contributed by atoms with van der Waals surface area (Å²) in [5.74, 6) is 0.778. The summed E-state index contributed by atoms with van der Waals surface area (Å²) in [6.07, 6.45) is 1.14. The highest BCUT2D eigenvalue weighted by molar-refractivity contribution is 8.00. The SMILES string of the molecule is CC(C)(C)SCCNC(=O)C1CCN(S(=O)(=O)Cc2ccc(Cl)cc2)CC1. The van der Waals surface area contributed by atoms with E-state index in [1.54, 1.807) is 24.3 Å². The van der Waals surface area contributed by atoms with Gasteiger partial charge in [0, 0.05) is 41.1 Å². The smallest absolute Gasteiger partial charge is 0.223 e. The zero-order valence-electron chi connectivity index (χ0n) is 16.2. The molecule has 0 bridgehead atoms. The number of halogens is 1. The Labute approximate surface area is 172 Å². The van der Waals surface area contributed by atoms with Crippen LogP contribution in [0.1, 0.15) is 39.2 Å². The third-order valence-corrected chi connectivity index (χ3v) is 7.79. The maximum absolute atomic E-state index is 12.6. The van der Waals surface area contributed by atoms with Crippen LogP contribution in [0, 0.1) is 5.92 Å². The molecule has 0 spiro atoms. The van der Waals surface area contributed by atoms with E-state index >= 15 is 0 Å². The van der Waals surface area contributed by atoms with Gasteiger partial charge in [0.15, 0.2) is 0 Å². The van der Waals surface area contributed by atoms with Gasteiger partial charge in [-0.25, -0.2) is 12.7 Å². The zero-order chi connectivity index (χ0) is 20.1. The minimum atomic E-state index is -3.38. The Morgan fingerprint density at radius 1 is 1.22 bits per heavy atom. The average molecular weight is 433 g/mol. The predicted octanol–water partition coefficient (Wildman–Crippen LogP) is 3.53. The maximum Gasteiger partial charge on any atom is 0.223 e. The van der Waals surface area contributed by atoms with Crippen molar-refractivity contribution < 1.29 is 13.2 Å². The molecule has 1 heterocycles. The van der Waals surface area contributed by atoms with E-state index in [2.05, 4.69) is 26.1 Å². The average Bonchev–Trinajstić information content (AvgIpc) is 2.60. The van der Waals surface area contributed by atoms with Gasteiger partial charge >= 0.3 is 0 Å². The van der Waals surface area contributed by atoms with Crippen LogP contribution < -0.4 is 5.32 Å². The molecular formula is C19H29ClN2O3S2. The van der Waals surface area contributed by atoms with Gasteiger partial charge in [-0.15, -0.1) is 0 Å². The van der Waals surface area contributed by atoms with Crippen molar-refractivity contribution in [2.24, 2.45) is 5.92 Å². The summed E-state index contributed by atoms with van der Waals surface area (Å²) in [5.41, 5.74) is 0.718. The highest BCUT2D eigenvalue weighted by Gasteiger charge is 2.31.